The molecule has 1 atom stereocenters. The Bertz CT molecular complexity index is 396. The quantitative estimate of drug-likeness (QED) is 0.870. The molecule has 1 heterocycles. The smallest absolute Gasteiger partial charge is 0.0666 e. The largest absolute Gasteiger partial charge is 0.394 e. The lowest BCUT2D eigenvalue weighted by molar-refractivity contribution is 0.0311. The monoisotopic (exact) mass is 262 g/mol. The van der Waals surface area contributed by atoms with E-state index in [1.54, 1.807) is 0 Å². The van der Waals surface area contributed by atoms with Crippen LogP contribution >= 0.6 is 0 Å². The maximum absolute atomic E-state index is 9.91. The molecule has 19 heavy (non-hydrogen) atoms. The summed E-state index contributed by atoms with van der Waals surface area (Å²) in [5, 5.41) is 13.3. The Morgan fingerprint density at radius 2 is 1.79 bits per heavy atom. The molecule has 1 saturated heterocycles. The van der Waals surface area contributed by atoms with Crippen molar-refractivity contribution in [3.05, 3.63) is 35.4 Å². The summed E-state index contributed by atoms with van der Waals surface area (Å²) < 4.78 is 0. The van der Waals surface area contributed by atoms with E-state index in [-0.39, 0.29) is 12.1 Å². The van der Waals surface area contributed by atoms with Gasteiger partial charge in [0.05, 0.1) is 12.1 Å². The van der Waals surface area contributed by atoms with Crippen molar-refractivity contribution < 1.29 is 5.11 Å². The van der Waals surface area contributed by atoms with Gasteiger partial charge in [-0.25, -0.2) is 0 Å². The van der Waals surface area contributed by atoms with Crippen LogP contribution in [0.15, 0.2) is 24.3 Å². The maximum atomic E-state index is 9.91. The first-order chi connectivity index (χ1) is 9.08. The minimum absolute atomic E-state index is 0.161. The van der Waals surface area contributed by atoms with Gasteiger partial charge in [0, 0.05) is 26.2 Å². The summed E-state index contributed by atoms with van der Waals surface area (Å²) in [6.07, 6.45) is 0. The van der Waals surface area contributed by atoms with Crippen LogP contribution in [0, 0.1) is 0 Å². The van der Waals surface area contributed by atoms with E-state index in [1.807, 2.05) is 0 Å². The predicted octanol–water partition coefficient (Wildman–Crippen LogP) is 1.92. The van der Waals surface area contributed by atoms with E-state index >= 15 is 0 Å². The number of benzene rings is 1. The minimum Gasteiger partial charge on any atom is -0.394 e. The molecule has 0 spiro atoms. The number of nitrogens with zero attached hydrogens (tertiary/aromatic N) is 1. The lowest BCUT2D eigenvalue weighted by Gasteiger charge is -2.43. The summed E-state index contributed by atoms with van der Waals surface area (Å²) in [4.78, 5) is 2.38. The number of hydrogen-bond donors (Lipinski definition) is 2. The molecule has 3 nitrogen and oxygen atoms in total. The van der Waals surface area contributed by atoms with Gasteiger partial charge in [-0.15, -0.1) is 0 Å². The summed E-state index contributed by atoms with van der Waals surface area (Å²) in [6, 6.07) is 8.73. The molecule has 1 fully saturated rings. The van der Waals surface area contributed by atoms with Crippen molar-refractivity contribution in [1.82, 2.24) is 10.2 Å². The summed E-state index contributed by atoms with van der Waals surface area (Å²) in [5.74, 6) is 0.550. The molecule has 1 aliphatic heterocycles. The van der Waals surface area contributed by atoms with Gasteiger partial charge >= 0.3 is 0 Å². The standard InChI is InChI=1S/C16H26N2O/c1-13(2)14-4-6-15(7-5-14)16(3,12-19)18-10-8-17-9-11-18/h4-7,13,17,19H,8-12H2,1-3H3. The zero-order valence-electron chi connectivity index (χ0n) is 12.3. The molecule has 0 bridgehead atoms. The molecule has 0 radical (unpaired) electrons. The number of piperazine rings is 1. The van der Waals surface area contributed by atoms with E-state index in [2.05, 4.69) is 55.3 Å². The summed E-state index contributed by atoms with van der Waals surface area (Å²) >= 11 is 0. The second-order valence-corrected chi connectivity index (χ2v) is 5.95. The molecular weight excluding hydrogens is 236 g/mol. The Morgan fingerprint density at radius 1 is 1.21 bits per heavy atom. The van der Waals surface area contributed by atoms with Crippen LogP contribution in [0.3, 0.4) is 0 Å². The zero-order valence-corrected chi connectivity index (χ0v) is 12.3. The van der Waals surface area contributed by atoms with Gasteiger partial charge in [-0.2, -0.15) is 0 Å². The van der Waals surface area contributed by atoms with Crippen molar-refractivity contribution in [3.8, 4) is 0 Å². The fourth-order valence-corrected chi connectivity index (χ4v) is 2.76. The first kappa shape index (κ1) is 14.5. The predicted molar refractivity (Wildman–Crippen MR) is 79.4 cm³/mol. The van der Waals surface area contributed by atoms with Crippen molar-refractivity contribution in [3.63, 3.8) is 0 Å². The van der Waals surface area contributed by atoms with Gasteiger partial charge in [0.2, 0.25) is 0 Å². The first-order valence-corrected chi connectivity index (χ1v) is 7.25. The van der Waals surface area contributed by atoms with Gasteiger partial charge in [0.1, 0.15) is 0 Å². The molecular formula is C16H26N2O. The topological polar surface area (TPSA) is 35.5 Å². The van der Waals surface area contributed by atoms with Crippen LogP contribution in [0.25, 0.3) is 0 Å². The molecule has 3 heteroatoms. The minimum atomic E-state index is -0.266. The first-order valence-electron chi connectivity index (χ1n) is 7.25. The van der Waals surface area contributed by atoms with E-state index < -0.39 is 0 Å². The Hall–Kier alpha value is -0.900. The van der Waals surface area contributed by atoms with Crippen molar-refractivity contribution in [2.75, 3.05) is 32.8 Å². The van der Waals surface area contributed by atoms with Crippen LogP contribution in [0.4, 0.5) is 0 Å². The Kier molecular flexibility index (Phi) is 4.61. The third-order valence-electron chi connectivity index (χ3n) is 4.32. The molecule has 2 N–H and O–H groups in total. The second kappa shape index (κ2) is 6.04. The van der Waals surface area contributed by atoms with Crippen molar-refractivity contribution in [1.29, 1.82) is 0 Å². The van der Waals surface area contributed by atoms with Crippen molar-refractivity contribution in [2.45, 2.75) is 32.2 Å². The fraction of sp³-hybridized carbons (Fsp3) is 0.625. The van der Waals surface area contributed by atoms with Crippen LogP contribution < -0.4 is 5.32 Å². The number of aliphatic hydroxyl groups is 1. The average Bonchev–Trinajstić information content (AvgIpc) is 2.47. The zero-order chi connectivity index (χ0) is 13.9. The van der Waals surface area contributed by atoms with Gasteiger partial charge in [-0.05, 0) is 24.0 Å². The summed E-state index contributed by atoms with van der Waals surface area (Å²) in [5.41, 5.74) is 2.29. The maximum Gasteiger partial charge on any atom is 0.0666 e. The Labute approximate surface area is 116 Å². The molecule has 1 aromatic carbocycles. The molecule has 1 aliphatic rings. The van der Waals surface area contributed by atoms with Gasteiger partial charge in [0.15, 0.2) is 0 Å². The van der Waals surface area contributed by atoms with Crippen LogP contribution in [0.1, 0.15) is 37.8 Å². The second-order valence-electron chi connectivity index (χ2n) is 5.95. The van der Waals surface area contributed by atoms with Gasteiger partial charge in [-0.3, -0.25) is 4.90 Å². The molecule has 106 valence electrons. The van der Waals surface area contributed by atoms with E-state index in [9.17, 15) is 5.11 Å². The lowest BCUT2D eigenvalue weighted by Crippen LogP contribution is -2.54. The SMILES string of the molecule is CC(C)c1ccc(C(C)(CO)N2CCNCC2)cc1. The molecule has 0 aliphatic carbocycles. The molecule has 0 aromatic heterocycles. The molecule has 2 rings (SSSR count). The van der Waals surface area contributed by atoms with Crippen molar-refractivity contribution >= 4 is 0 Å². The molecule has 0 amide bonds. The lowest BCUT2D eigenvalue weighted by atomic mass is 9.88. The Balaban J connectivity index is 2.24. The van der Waals surface area contributed by atoms with E-state index in [1.165, 1.54) is 11.1 Å². The normalized spacial score (nSPS) is 20.5. The molecule has 0 saturated carbocycles. The fourth-order valence-electron chi connectivity index (χ4n) is 2.76. The highest BCUT2D eigenvalue weighted by Crippen LogP contribution is 2.29. The van der Waals surface area contributed by atoms with Gasteiger partial charge < -0.3 is 10.4 Å². The summed E-state index contributed by atoms with van der Waals surface area (Å²) in [7, 11) is 0. The van der Waals surface area contributed by atoms with E-state index in [0.717, 1.165) is 26.2 Å². The molecule has 1 aromatic rings. The van der Waals surface area contributed by atoms with Crippen LogP contribution in [0.5, 0.6) is 0 Å². The van der Waals surface area contributed by atoms with Crippen LogP contribution in [0.2, 0.25) is 0 Å². The third-order valence-corrected chi connectivity index (χ3v) is 4.32. The van der Waals surface area contributed by atoms with Crippen molar-refractivity contribution in [2.24, 2.45) is 0 Å². The van der Waals surface area contributed by atoms with Gasteiger partial charge in [0.25, 0.3) is 0 Å². The van der Waals surface area contributed by atoms with Gasteiger partial charge in [-0.1, -0.05) is 38.1 Å². The van der Waals surface area contributed by atoms with E-state index in [0.29, 0.717) is 5.92 Å². The Morgan fingerprint density at radius 3 is 2.26 bits per heavy atom. The van der Waals surface area contributed by atoms with E-state index in [4.69, 9.17) is 0 Å². The highest BCUT2D eigenvalue weighted by molar-refractivity contribution is 5.30. The highest BCUT2D eigenvalue weighted by Gasteiger charge is 2.33. The average molecular weight is 262 g/mol. The highest BCUT2D eigenvalue weighted by atomic mass is 16.3. The van der Waals surface area contributed by atoms with Crippen LogP contribution in [-0.2, 0) is 5.54 Å². The number of rotatable bonds is 4. The molecule has 1 unspecified atom stereocenters. The number of aliphatic hydroxyl groups excluding tert-OH is 1. The third kappa shape index (κ3) is 2.99. The number of nitrogens with one attached hydrogen (secondary N) is 1. The van der Waals surface area contributed by atoms with Crippen LogP contribution in [-0.4, -0.2) is 42.8 Å². The number of hydrogen-bond acceptors (Lipinski definition) is 3. The summed E-state index contributed by atoms with van der Waals surface area (Å²) in [6.45, 7) is 10.7.